The van der Waals surface area contributed by atoms with Crippen LogP contribution >= 0.6 is 0 Å². The van der Waals surface area contributed by atoms with Crippen molar-refractivity contribution in [2.45, 2.75) is 18.9 Å². The SMILES string of the molecule is O=C(Cc1ccccn1)N[C@@H](CCS(=O)(=O)O)C(=O)O. The first-order valence-corrected chi connectivity index (χ1v) is 7.26. The Bertz CT molecular complexity index is 572. The lowest BCUT2D eigenvalue weighted by Gasteiger charge is -2.13. The molecule has 110 valence electrons. The van der Waals surface area contributed by atoms with Gasteiger partial charge >= 0.3 is 5.97 Å². The van der Waals surface area contributed by atoms with Crippen LogP contribution in [0.2, 0.25) is 0 Å². The number of carboxylic acids is 1. The van der Waals surface area contributed by atoms with Crippen molar-refractivity contribution in [2.75, 3.05) is 5.75 Å². The minimum atomic E-state index is -4.27. The Labute approximate surface area is 115 Å². The largest absolute Gasteiger partial charge is 0.480 e. The Kier molecular flexibility index (Phi) is 5.59. The summed E-state index contributed by atoms with van der Waals surface area (Å²) in [5.41, 5.74) is 0.462. The number of carboxylic acid groups (broad SMARTS) is 1. The Morgan fingerprint density at radius 2 is 2.05 bits per heavy atom. The number of aliphatic carboxylic acids is 1. The van der Waals surface area contributed by atoms with E-state index in [-0.39, 0.29) is 6.42 Å². The molecule has 1 aromatic rings. The molecule has 9 heteroatoms. The number of carbonyl (C=O) groups is 2. The van der Waals surface area contributed by atoms with E-state index in [2.05, 4.69) is 10.3 Å². The fraction of sp³-hybridized carbons (Fsp3) is 0.364. The zero-order valence-corrected chi connectivity index (χ0v) is 11.2. The second-order valence-electron chi connectivity index (χ2n) is 4.03. The number of nitrogens with zero attached hydrogens (tertiary/aromatic N) is 1. The van der Waals surface area contributed by atoms with Gasteiger partial charge in [-0.05, 0) is 18.6 Å². The maximum atomic E-state index is 11.6. The van der Waals surface area contributed by atoms with Crippen molar-refractivity contribution in [2.24, 2.45) is 0 Å². The molecule has 0 unspecified atom stereocenters. The van der Waals surface area contributed by atoms with E-state index in [1.165, 1.54) is 6.20 Å². The van der Waals surface area contributed by atoms with Crippen molar-refractivity contribution in [3.63, 3.8) is 0 Å². The highest BCUT2D eigenvalue weighted by molar-refractivity contribution is 7.85. The molecule has 0 spiro atoms. The Hall–Kier alpha value is -2.00. The first-order valence-electron chi connectivity index (χ1n) is 5.65. The summed E-state index contributed by atoms with van der Waals surface area (Å²) in [6.45, 7) is 0. The monoisotopic (exact) mass is 302 g/mol. The van der Waals surface area contributed by atoms with Gasteiger partial charge in [-0.2, -0.15) is 8.42 Å². The van der Waals surface area contributed by atoms with Gasteiger partial charge in [0.15, 0.2) is 0 Å². The lowest BCUT2D eigenvalue weighted by molar-refractivity contribution is -0.141. The third-order valence-electron chi connectivity index (χ3n) is 2.37. The van der Waals surface area contributed by atoms with Crippen LogP contribution in [-0.2, 0) is 26.1 Å². The summed E-state index contributed by atoms with van der Waals surface area (Å²) in [5.74, 6) is -2.71. The minimum absolute atomic E-state index is 0.115. The predicted octanol–water partition coefficient (Wildman–Crippen LogP) is -0.529. The normalized spacial score (nSPS) is 12.7. The Morgan fingerprint density at radius 3 is 2.55 bits per heavy atom. The number of carbonyl (C=O) groups excluding carboxylic acids is 1. The smallest absolute Gasteiger partial charge is 0.326 e. The van der Waals surface area contributed by atoms with Crippen molar-refractivity contribution >= 4 is 22.0 Å². The van der Waals surface area contributed by atoms with Gasteiger partial charge in [0.05, 0.1) is 12.2 Å². The lowest BCUT2D eigenvalue weighted by atomic mass is 10.2. The minimum Gasteiger partial charge on any atom is -0.480 e. The van der Waals surface area contributed by atoms with E-state index < -0.39 is 40.2 Å². The number of hydrogen-bond donors (Lipinski definition) is 3. The molecule has 0 radical (unpaired) electrons. The fourth-order valence-electron chi connectivity index (χ4n) is 1.44. The van der Waals surface area contributed by atoms with E-state index in [1.54, 1.807) is 18.2 Å². The average Bonchev–Trinajstić information content (AvgIpc) is 2.34. The van der Waals surface area contributed by atoms with Gasteiger partial charge in [0.25, 0.3) is 10.1 Å². The number of aromatic nitrogens is 1. The van der Waals surface area contributed by atoms with Gasteiger partial charge in [-0.1, -0.05) is 6.07 Å². The number of rotatable bonds is 7. The highest BCUT2D eigenvalue weighted by atomic mass is 32.2. The van der Waals surface area contributed by atoms with Gasteiger partial charge in [0.2, 0.25) is 5.91 Å². The average molecular weight is 302 g/mol. The zero-order chi connectivity index (χ0) is 15.2. The van der Waals surface area contributed by atoms with Crippen LogP contribution in [0.1, 0.15) is 12.1 Å². The molecule has 0 bridgehead atoms. The van der Waals surface area contributed by atoms with Crippen molar-refractivity contribution in [3.8, 4) is 0 Å². The van der Waals surface area contributed by atoms with Gasteiger partial charge in [0, 0.05) is 11.9 Å². The summed E-state index contributed by atoms with van der Waals surface area (Å²) < 4.78 is 29.7. The van der Waals surface area contributed by atoms with E-state index in [4.69, 9.17) is 9.66 Å². The van der Waals surface area contributed by atoms with Crippen molar-refractivity contribution < 1.29 is 27.7 Å². The highest BCUT2D eigenvalue weighted by Gasteiger charge is 2.22. The van der Waals surface area contributed by atoms with E-state index in [0.29, 0.717) is 5.69 Å². The topological polar surface area (TPSA) is 134 Å². The van der Waals surface area contributed by atoms with Crippen molar-refractivity contribution in [1.29, 1.82) is 0 Å². The summed E-state index contributed by atoms with van der Waals surface area (Å²) >= 11 is 0. The van der Waals surface area contributed by atoms with Crippen molar-refractivity contribution in [1.82, 2.24) is 10.3 Å². The second kappa shape index (κ2) is 6.96. The van der Waals surface area contributed by atoms with Crippen molar-refractivity contribution in [3.05, 3.63) is 30.1 Å². The van der Waals surface area contributed by atoms with Crippen LogP contribution in [0.3, 0.4) is 0 Å². The van der Waals surface area contributed by atoms with Gasteiger partial charge < -0.3 is 10.4 Å². The summed E-state index contributed by atoms with van der Waals surface area (Å²) in [6, 6.07) is 3.58. The Morgan fingerprint density at radius 1 is 1.35 bits per heavy atom. The number of pyridine rings is 1. The van der Waals surface area contributed by atoms with Gasteiger partial charge in [0.1, 0.15) is 6.04 Å². The third-order valence-corrected chi connectivity index (χ3v) is 3.12. The molecule has 8 nitrogen and oxygen atoms in total. The lowest BCUT2D eigenvalue weighted by Crippen LogP contribution is -2.42. The molecule has 0 aliphatic rings. The number of hydrogen-bond acceptors (Lipinski definition) is 5. The molecule has 0 fully saturated rings. The molecule has 0 saturated heterocycles. The summed E-state index contributed by atoms with van der Waals surface area (Å²) in [6.07, 6.45) is 0.967. The van der Waals surface area contributed by atoms with Crippen LogP contribution in [-0.4, -0.2) is 46.7 Å². The van der Waals surface area contributed by atoms with E-state index in [1.807, 2.05) is 0 Å². The zero-order valence-electron chi connectivity index (χ0n) is 10.4. The maximum absolute atomic E-state index is 11.6. The molecule has 1 aromatic heterocycles. The summed E-state index contributed by atoms with van der Waals surface area (Å²) in [4.78, 5) is 26.4. The molecule has 1 heterocycles. The van der Waals surface area contributed by atoms with E-state index >= 15 is 0 Å². The van der Waals surface area contributed by atoms with Crippen LogP contribution in [0.15, 0.2) is 24.4 Å². The molecule has 0 aliphatic carbocycles. The first-order chi connectivity index (χ1) is 9.28. The molecule has 1 amide bonds. The maximum Gasteiger partial charge on any atom is 0.326 e. The van der Waals surface area contributed by atoms with Crippen LogP contribution in [0.25, 0.3) is 0 Å². The fourth-order valence-corrected chi connectivity index (χ4v) is 1.97. The number of amides is 1. The van der Waals surface area contributed by atoms with Crippen LogP contribution in [0.4, 0.5) is 0 Å². The molecule has 0 saturated carbocycles. The van der Waals surface area contributed by atoms with Gasteiger partial charge in [-0.25, -0.2) is 4.79 Å². The third kappa shape index (κ3) is 6.25. The molecule has 20 heavy (non-hydrogen) atoms. The van der Waals surface area contributed by atoms with E-state index in [0.717, 1.165) is 0 Å². The highest BCUT2D eigenvalue weighted by Crippen LogP contribution is 1.99. The Balaban J connectivity index is 2.57. The van der Waals surface area contributed by atoms with Gasteiger partial charge in [-0.15, -0.1) is 0 Å². The number of nitrogens with one attached hydrogen (secondary N) is 1. The second-order valence-corrected chi connectivity index (χ2v) is 5.60. The molecule has 3 N–H and O–H groups in total. The van der Waals surface area contributed by atoms with Crippen LogP contribution < -0.4 is 5.32 Å². The standard InChI is InChI=1S/C11H14N2O6S/c14-10(7-8-3-1-2-5-12-8)13-9(11(15)16)4-6-20(17,18)19/h1-3,5,9H,4,6-7H2,(H,13,14)(H,15,16)(H,17,18,19)/t9-/m0/s1. The van der Waals surface area contributed by atoms with E-state index in [9.17, 15) is 18.0 Å². The first kappa shape index (κ1) is 16.1. The summed E-state index contributed by atoms with van der Waals surface area (Å²) in [5, 5.41) is 11.1. The quantitative estimate of drug-likeness (QED) is 0.576. The summed E-state index contributed by atoms with van der Waals surface area (Å²) in [7, 11) is -4.27. The molecular formula is C11H14N2O6S. The predicted molar refractivity (Wildman–Crippen MR) is 68.5 cm³/mol. The molecule has 1 atom stereocenters. The molecular weight excluding hydrogens is 288 g/mol. The molecule has 0 aromatic carbocycles. The van der Waals surface area contributed by atoms with Crippen LogP contribution in [0, 0.1) is 0 Å². The molecule has 0 aliphatic heterocycles. The van der Waals surface area contributed by atoms with Crippen LogP contribution in [0.5, 0.6) is 0 Å². The molecule has 1 rings (SSSR count). The van der Waals surface area contributed by atoms with Gasteiger partial charge in [-0.3, -0.25) is 14.3 Å².